The number of hydrogen-bond acceptors (Lipinski definition) is 7. The number of ether oxygens (including phenoxy) is 1. The fraction of sp³-hybridized carbons (Fsp3) is 0.619. The number of rotatable bonds is 7. The van der Waals surface area contributed by atoms with Gasteiger partial charge in [0, 0.05) is 38.8 Å². The lowest BCUT2D eigenvalue weighted by Gasteiger charge is -2.26. The molecule has 2 fully saturated rings. The van der Waals surface area contributed by atoms with Gasteiger partial charge in [0.05, 0.1) is 24.3 Å². The Labute approximate surface area is 198 Å². The predicted octanol–water partition coefficient (Wildman–Crippen LogP) is 2.65. The molecule has 1 saturated carbocycles. The molecule has 1 N–H and O–H groups in total. The minimum atomic E-state index is -3.74. The van der Waals surface area contributed by atoms with Gasteiger partial charge in [0.25, 0.3) is 0 Å². The third kappa shape index (κ3) is 5.98. The van der Waals surface area contributed by atoms with Crippen molar-refractivity contribution in [3.63, 3.8) is 0 Å². The van der Waals surface area contributed by atoms with Crippen molar-refractivity contribution in [3.05, 3.63) is 28.0 Å². The molecule has 0 amide bonds. The first-order valence-electron chi connectivity index (χ1n) is 11.1. The van der Waals surface area contributed by atoms with Crippen molar-refractivity contribution in [1.82, 2.24) is 19.4 Å². The number of morpholine rings is 1. The van der Waals surface area contributed by atoms with Crippen LogP contribution in [0.5, 0.6) is 0 Å². The van der Waals surface area contributed by atoms with E-state index in [4.69, 9.17) is 21.3 Å². The molecule has 0 radical (unpaired) electrons. The first-order chi connectivity index (χ1) is 15.4. The fourth-order valence-electron chi connectivity index (χ4n) is 4.03. The average molecular weight is 500 g/mol. The van der Waals surface area contributed by atoms with Gasteiger partial charge in [-0.05, 0) is 25.0 Å². The zero-order chi connectivity index (χ0) is 22.6. The molecule has 0 spiro atoms. The second-order valence-corrected chi connectivity index (χ2v) is 11.3. The van der Waals surface area contributed by atoms with E-state index in [9.17, 15) is 8.42 Å². The molecule has 0 atom stereocenters. The highest BCUT2D eigenvalue weighted by molar-refractivity contribution is 7.89. The van der Waals surface area contributed by atoms with Crippen molar-refractivity contribution in [2.24, 2.45) is 12.0 Å². The lowest BCUT2D eigenvalue weighted by atomic mass is 9.96. The van der Waals surface area contributed by atoms with Crippen LogP contribution in [0.25, 0.3) is 10.6 Å². The van der Waals surface area contributed by atoms with Crippen LogP contribution in [-0.2, 0) is 21.8 Å². The maximum absolute atomic E-state index is 12.9. The molecular formula is C21H30ClN5O3S2. The maximum atomic E-state index is 12.9. The van der Waals surface area contributed by atoms with Crippen molar-refractivity contribution in [2.75, 3.05) is 39.4 Å². The Kier molecular flexibility index (Phi) is 8.01. The summed E-state index contributed by atoms with van der Waals surface area (Å²) in [7, 11) is -1.86. The topological polar surface area (TPSA) is 88.8 Å². The molecule has 1 aromatic heterocycles. The van der Waals surface area contributed by atoms with E-state index >= 15 is 0 Å². The normalized spacial score (nSPS) is 19.5. The van der Waals surface area contributed by atoms with Crippen LogP contribution in [0, 0.1) is 0 Å². The van der Waals surface area contributed by atoms with Crippen molar-refractivity contribution >= 4 is 33.0 Å². The molecule has 11 heteroatoms. The Morgan fingerprint density at radius 3 is 2.75 bits per heavy atom. The number of benzene rings is 1. The predicted molar refractivity (Wildman–Crippen MR) is 126 cm³/mol. The van der Waals surface area contributed by atoms with Gasteiger partial charge in [-0.2, -0.15) is 5.10 Å². The van der Waals surface area contributed by atoms with Crippen molar-refractivity contribution in [3.8, 4) is 10.6 Å². The maximum Gasteiger partial charge on any atom is 0.242 e. The smallest absolute Gasteiger partial charge is 0.242 e. The largest absolute Gasteiger partial charge is 0.379 e. The molecule has 8 nitrogen and oxygen atoms in total. The van der Waals surface area contributed by atoms with E-state index in [1.165, 1.54) is 30.6 Å². The average Bonchev–Trinajstić information content (AvgIpc) is 3.15. The van der Waals surface area contributed by atoms with Gasteiger partial charge in [-0.1, -0.05) is 48.3 Å². The molecule has 0 bridgehead atoms. The van der Waals surface area contributed by atoms with Gasteiger partial charge in [-0.25, -0.2) is 17.8 Å². The van der Waals surface area contributed by atoms with Crippen LogP contribution in [0.4, 0.5) is 0 Å². The van der Waals surface area contributed by atoms with E-state index in [0.717, 1.165) is 35.7 Å². The summed E-state index contributed by atoms with van der Waals surface area (Å²) in [4.78, 5) is 7.99. The first-order valence-corrected chi connectivity index (χ1v) is 13.8. The number of halogens is 1. The van der Waals surface area contributed by atoms with Crippen LogP contribution in [0.15, 0.2) is 28.1 Å². The van der Waals surface area contributed by atoms with Crippen LogP contribution in [-0.4, -0.2) is 68.5 Å². The van der Waals surface area contributed by atoms with Gasteiger partial charge in [0.15, 0.2) is 0 Å². The van der Waals surface area contributed by atoms with Crippen molar-refractivity contribution in [1.29, 1.82) is 0 Å². The van der Waals surface area contributed by atoms with Crippen LogP contribution in [0.2, 0.25) is 5.02 Å². The standard InChI is InChI=1S/C21H30ClN5O3S2/c1-26-21(24-17-5-3-2-4-6-17)31-20(25-26)16-7-8-18(22)19(15-16)32(28,29)23-9-10-27-11-13-30-14-12-27/h7-8,15,17,23H,2-6,9-14H2,1H3/b24-21+. The first kappa shape index (κ1) is 23.8. The number of aryl methyl sites for hydroxylation is 1. The summed E-state index contributed by atoms with van der Waals surface area (Å²) in [6.07, 6.45) is 5.97. The van der Waals surface area contributed by atoms with Crippen LogP contribution < -0.4 is 9.52 Å². The second-order valence-electron chi connectivity index (χ2n) is 8.23. The number of nitrogens with one attached hydrogen (secondary N) is 1. The SMILES string of the molecule is Cn1nc(-c2ccc(Cl)c(S(=O)(=O)NCCN3CCOCC3)c2)s/c1=N/C1CCCCC1. The quantitative estimate of drug-likeness (QED) is 0.632. The van der Waals surface area contributed by atoms with Gasteiger partial charge >= 0.3 is 0 Å². The number of sulfonamides is 1. The molecule has 1 aliphatic carbocycles. The summed E-state index contributed by atoms with van der Waals surface area (Å²) in [5.74, 6) is 0. The van der Waals surface area contributed by atoms with Gasteiger partial charge in [0.2, 0.25) is 14.8 Å². The minimum absolute atomic E-state index is 0.0715. The molecule has 2 aliphatic rings. The molecule has 1 saturated heterocycles. The molecule has 2 heterocycles. The number of nitrogens with zero attached hydrogens (tertiary/aromatic N) is 4. The molecule has 2 aromatic rings. The second kappa shape index (κ2) is 10.8. The summed E-state index contributed by atoms with van der Waals surface area (Å²) in [6, 6.07) is 5.37. The Hall–Kier alpha value is -1.30. The van der Waals surface area contributed by atoms with Gasteiger partial charge in [-0.3, -0.25) is 9.89 Å². The Morgan fingerprint density at radius 1 is 1.25 bits per heavy atom. The summed E-state index contributed by atoms with van der Waals surface area (Å²) in [6.45, 7) is 3.94. The third-order valence-electron chi connectivity index (χ3n) is 5.86. The number of hydrogen-bond donors (Lipinski definition) is 1. The molecular weight excluding hydrogens is 470 g/mol. The van der Waals surface area contributed by atoms with Crippen LogP contribution in [0.1, 0.15) is 32.1 Å². The summed E-state index contributed by atoms with van der Waals surface area (Å²) in [5, 5.41) is 5.51. The zero-order valence-corrected chi connectivity index (χ0v) is 20.7. The summed E-state index contributed by atoms with van der Waals surface area (Å²) in [5.41, 5.74) is 0.716. The van der Waals surface area contributed by atoms with E-state index in [-0.39, 0.29) is 9.92 Å². The molecule has 4 rings (SSSR count). The van der Waals surface area contributed by atoms with E-state index in [1.807, 2.05) is 7.05 Å². The Bertz CT molecular complexity index is 1090. The summed E-state index contributed by atoms with van der Waals surface area (Å²) < 4.78 is 35.6. The van der Waals surface area contributed by atoms with E-state index in [0.29, 0.717) is 37.9 Å². The monoisotopic (exact) mass is 499 g/mol. The highest BCUT2D eigenvalue weighted by Crippen LogP contribution is 2.28. The van der Waals surface area contributed by atoms with E-state index in [2.05, 4.69) is 14.7 Å². The molecule has 1 aromatic carbocycles. The fourth-order valence-corrected chi connectivity index (χ4v) is 6.53. The molecule has 176 valence electrons. The molecule has 1 aliphatic heterocycles. The van der Waals surface area contributed by atoms with Gasteiger partial charge < -0.3 is 4.74 Å². The molecule has 32 heavy (non-hydrogen) atoms. The van der Waals surface area contributed by atoms with Gasteiger partial charge in [-0.15, -0.1) is 0 Å². The highest BCUT2D eigenvalue weighted by Gasteiger charge is 2.21. The number of aromatic nitrogens is 2. The summed E-state index contributed by atoms with van der Waals surface area (Å²) >= 11 is 7.75. The van der Waals surface area contributed by atoms with E-state index in [1.54, 1.807) is 22.9 Å². The van der Waals surface area contributed by atoms with Crippen LogP contribution in [0.3, 0.4) is 0 Å². The Balaban J connectivity index is 1.50. The third-order valence-corrected chi connectivity index (χ3v) is 8.87. The van der Waals surface area contributed by atoms with Crippen molar-refractivity contribution < 1.29 is 13.2 Å². The van der Waals surface area contributed by atoms with Gasteiger partial charge in [0.1, 0.15) is 9.90 Å². The Morgan fingerprint density at radius 2 is 2.00 bits per heavy atom. The minimum Gasteiger partial charge on any atom is -0.379 e. The molecule has 0 unspecified atom stereocenters. The highest BCUT2D eigenvalue weighted by atomic mass is 35.5. The van der Waals surface area contributed by atoms with Crippen molar-refractivity contribution in [2.45, 2.75) is 43.0 Å². The zero-order valence-electron chi connectivity index (χ0n) is 18.3. The van der Waals surface area contributed by atoms with E-state index < -0.39 is 10.0 Å². The lowest BCUT2D eigenvalue weighted by molar-refractivity contribution is 0.0390. The van der Waals surface area contributed by atoms with Crippen LogP contribution >= 0.6 is 22.9 Å². The lowest BCUT2D eigenvalue weighted by Crippen LogP contribution is -2.41.